The highest BCUT2D eigenvalue weighted by molar-refractivity contribution is 14.1. The molecule has 0 aliphatic rings. The normalized spacial score (nSPS) is 10.4. The first-order chi connectivity index (χ1) is 6.88. The molecule has 0 radical (unpaired) electrons. The van der Waals surface area contributed by atoms with Crippen LogP contribution in [0, 0.1) is 15.4 Å². The summed E-state index contributed by atoms with van der Waals surface area (Å²) in [7, 11) is 0. The van der Waals surface area contributed by atoms with Gasteiger partial charge in [-0.25, -0.2) is 0 Å². The lowest BCUT2D eigenvalue weighted by molar-refractivity contribution is 0.105. The second kappa shape index (κ2) is 4.77. The van der Waals surface area contributed by atoms with E-state index in [0.29, 0.717) is 5.56 Å². The molecule has 1 rings (SSSR count). The van der Waals surface area contributed by atoms with Crippen LogP contribution in [0.25, 0.3) is 0 Å². The molecule has 3 heteroatoms. The van der Waals surface area contributed by atoms with Crippen molar-refractivity contribution in [2.75, 3.05) is 0 Å². The summed E-state index contributed by atoms with van der Waals surface area (Å²) in [6, 6.07) is 7.14. The fraction of sp³-hybridized carbons (Fsp3) is 0.250. The third kappa shape index (κ3) is 4.45. The van der Waals surface area contributed by atoms with Crippen LogP contribution in [0.4, 0.5) is 0 Å². The molecular formula is C12H11IO2. The highest BCUT2D eigenvalue weighted by Gasteiger charge is 2.07. The molecule has 0 spiro atoms. The molecular weight excluding hydrogens is 303 g/mol. The van der Waals surface area contributed by atoms with Crippen molar-refractivity contribution >= 4 is 28.4 Å². The Labute approximate surface area is 103 Å². The zero-order chi connectivity index (χ0) is 11.5. The summed E-state index contributed by atoms with van der Waals surface area (Å²) in [4.78, 5) is 11.5. The van der Waals surface area contributed by atoms with E-state index in [1.165, 1.54) is 0 Å². The van der Waals surface area contributed by atoms with Gasteiger partial charge in [-0.05, 0) is 66.6 Å². The first-order valence-corrected chi connectivity index (χ1v) is 5.52. The molecule has 0 heterocycles. The number of hydrogen-bond acceptors (Lipinski definition) is 2. The largest absolute Gasteiger partial charge is 0.378 e. The first kappa shape index (κ1) is 12.2. The maximum absolute atomic E-state index is 11.5. The van der Waals surface area contributed by atoms with Crippen molar-refractivity contribution in [2.45, 2.75) is 19.4 Å². The van der Waals surface area contributed by atoms with Crippen molar-refractivity contribution in [3.05, 3.63) is 33.4 Å². The molecule has 0 amide bonds. The number of carbonyl (C=O) groups is 1. The Kier molecular flexibility index (Phi) is 3.89. The molecule has 0 atom stereocenters. The maximum atomic E-state index is 11.5. The molecule has 1 aromatic rings. The summed E-state index contributed by atoms with van der Waals surface area (Å²) in [5.41, 5.74) is -0.578. The van der Waals surface area contributed by atoms with Gasteiger partial charge in [-0.2, -0.15) is 0 Å². The monoisotopic (exact) mass is 314 g/mol. The van der Waals surface area contributed by atoms with E-state index < -0.39 is 5.60 Å². The summed E-state index contributed by atoms with van der Waals surface area (Å²) in [6.45, 7) is 3.09. The summed E-state index contributed by atoms with van der Waals surface area (Å²) < 4.78 is 1.07. The van der Waals surface area contributed by atoms with Crippen molar-refractivity contribution in [2.24, 2.45) is 0 Å². The van der Waals surface area contributed by atoms with E-state index in [1.54, 1.807) is 26.0 Å². The predicted octanol–water partition coefficient (Wildman–Crippen LogP) is 2.25. The Morgan fingerprint density at radius 2 is 1.87 bits per heavy atom. The lowest BCUT2D eigenvalue weighted by Gasteiger charge is -2.05. The van der Waals surface area contributed by atoms with Crippen LogP contribution in [0.3, 0.4) is 0 Å². The van der Waals surface area contributed by atoms with Crippen LogP contribution in [0.2, 0.25) is 0 Å². The molecule has 0 unspecified atom stereocenters. The van der Waals surface area contributed by atoms with Gasteiger partial charge in [0, 0.05) is 9.13 Å². The van der Waals surface area contributed by atoms with Gasteiger partial charge >= 0.3 is 0 Å². The van der Waals surface area contributed by atoms with Crippen LogP contribution in [0.1, 0.15) is 24.2 Å². The van der Waals surface area contributed by atoms with Gasteiger partial charge in [-0.3, -0.25) is 4.79 Å². The molecule has 1 aromatic carbocycles. The van der Waals surface area contributed by atoms with Gasteiger partial charge in [0.2, 0.25) is 5.78 Å². The Balaban J connectivity index is 2.86. The number of benzene rings is 1. The Bertz CT molecular complexity index is 416. The molecule has 0 saturated heterocycles. The number of aliphatic hydroxyl groups is 1. The second-order valence-electron chi connectivity index (χ2n) is 3.65. The third-order valence-electron chi connectivity index (χ3n) is 1.59. The van der Waals surface area contributed by atoms with Crippen molar-refractivity contribution in [1.82, 2.24) is 0 Å². The van der Waals surface area contributed by atoms with Gasteiger partial charge in [-0.15, -0.1) is 0 Å². The van der Waals surface area contributed by atoms with Gasteiger partial charge in [-0.1, -0.05) is 5.92 Å². The first-order valence-electron chi connectivity index (χ1n) is 4.44. The van der Waals surface area contributed by atoms with Crippen molar-refractivity contribution in [3.8, 4) is 11.8 Å². The summed E-state index contributed by atoms with van der Waals surface area (Å²) in [5, 5.41) is 9.33. The minimum absolute atomic E-state index is 0.270. The SMILES string of the molecule is CC(C)(O)C#CC(=O)c1ccc(I)cc1. The smallest absolute Gasteiger partial charge is 0.235 e. The summed E-state index contributed by atoms with van der Waals surface area (Å²) >= 11 is 2.17. The van der Waals surface area contributed by atoms with Crippen molar-refractivity contribution in [3.63, 3.8) is 0 Å². The van der Waals surface area contributed by atoms with Gasteiger partial charge < -0.3 is 5.11 Å². The lowest BCUT2D eigenvalue weighted by Crippen LogP contribution is -2.15. The predicted molar refractivity (Wildman–Crippen MR) is 67.6 cm³/mol. The van der Waals surface area contributed by atoms with Crippen LogP contribution in [-0.4, -0.2) is 16.5 Å². The fourth-order valence-corrected chi connectivity index (χ4v) is 1.24. The number of rotatable bonds is 1. The Morgan fingerprint density at radius 1 is 1.33 bits per heavy atom. The van der Waals surface area contributed by atoms with E-state index in [9.17, 15) is 9.90 Å². The van der Waals surface area contributed by atoms with Crippen LogP contribution < -0.4 is 0 Å². The molecule has 0 saturated carbocycles. The van der Waals surface area contributed by atoms with E-state index >= 15 is 0 Å². The van der Waals surface area contributed by atoms with E-state index in [4.69, 9.17) is 0 Å². The molecule has 1 N–H and O–H groups in total. The number of hydrogen-bond donors (Lipinski definition) is 1. The highest BCUT2D eigenvalue weighted by atomic mass is 127. The Morgan fingerprint density at radius 3 is 2.33 bits per heavy atom. The lowest BCUT2D eigenvalue weighted by atomic mass is 10.1. The fourth-order valence-electron chi connectivity index (χ4n) is 0.883. The molecule has 0 aliphatic heterocycles. The summed E-state index contributed by atoms with van der Waals surface area (Å²) in [6.07, 6.45) is 0. The molecule has 0 fully saturated rings. The van der Waals surface area contributed by atoms with Crippen LogP contribution in [0.5, 0.6) is 0 Å². The average Bonchev–Trinajstić information content (AvgIpc) is 2.14. The molecule has 0 aliphatic carbocycles. The summed E-state index contributed by atoms with van der Waals surface area (Å²) in [5.74, 6) is 4.64. The topological polar surface area (TPSA) is 37.3 Å². The van der Waals surface area contributed by atoms with E-state index in [0.717, 1.165) is 3.57 Å². The van der Waals surface area contributed by atoms with Crippen LogP contribution in [-0.2, 0) is 0 Å². The van der Waals surface area contributed by atoms with E-state index in [2.05, 4.69) is 34.4 Å². The van der Waals surface area contributed by atoms with Gasteiger partial charge in [0.25, 0.3) is 0 Å². The quantitative estimate of drug-likeness (QED) is 0.374. The van der Waals surface area contributed by atoms with Gasteiger partial charge in [0.05, 0.1) is 0 Å². The maximum Gasteiger partial charge on any atom is 0.235 e. The van der Waals surface area contributed by atoms with Crippen molar-refractivity contribution in [1.29, 1.82) is 0 Å². The molecule has 2 nitrogen and oxygen atoms in total. The number of halogens is 1. The number of Topliss-reactive ketones (excluding diaryl/α,β-unsaturated/α-hetero) is 1. The highest BCUT2D eigenvalue weighted by Crippen LogP contribution is 2.07. The van der Waals surface area contributed by atoms with Crippen molar-refractivity contribution < 1.29 is 9.90 Å². The van der Waals surface area contributed by atoms with Gasteiger partial charge in [0.15, 0.2) is 0 Å². The molecule has 0 bridgehead atoms. The Hall–Kier alpha value is -0.860. The zero-order valence-electron chi connectivity index (χ0n) is 8.54. The third-order valence-corrected chi connectivity index (χ3v) is 2.31. The molecule has 0 aromatic heterocycles. The minimum atomic E-state index is -1.13. The van der Waals surface area contributed by atoms with E-state index in [1.807, 2.05) is 12.1 Å². The minimum Gasteiger partial charge on any atom is -0.378 e. The standard InChI is InChI=1S/C12H11IO2/c1-12(2,15)8-7-11(14)9-3-5-10(13)6-4-9/h3-6,15H,1-2H3. The van der Waals surface area contributed by atoms with Crippen LogP contribution in [0.15, 0.2) is 24.3 Å². The number of ketones is 1. The average molecular weight is 314 g/mol. The second-order valence-corrected chi connectivity index (χ2v) is 4.89. The zero-order valence-corrected chi connectivity index (χ0v) is 10.7. The number of carbonyl (C=O) groups excluding carboxylic acids is 1. The molecule has 15 heavy (non-hydrogen) atoms. The van der Waals surface area contributed by atoms with Gasteiger partial charge in [0.1, 0.15) is 5.60 Å². The molecule has 78 valence electrons. The van der Waals surface area contributed by atoms with E-state index in [-0.39, 0.29) is 5.78 Å². The van der Waals surface area contributed by atoms with Crippen LogP contribution >= 0.6 is 22.6 Å².